The van der Waals surface area contributed by atoms with Gasteiger partial charge in [0, 0.05) is 13.1 Å². The van der Waals surface area contributed by atoms with E-state index < -0.39 is 0 Å². The Balaban J connectivity index is 2.37. The van der Waals surface area contributed by atoms with Gasteiger partial charge in [-0.25, -0.2) is 4.76 Å². The fourth-order valence-corrected chi connectivity index (χ4v) is 1.38. The van der Waals surface area contributed by atoms with Gasteiger partial charge in [-0.15, -0.1) is 0 Å². The summed E-state index contributed by atoms with van der Waals surface area (Å²) in [4.78, 5) is 2.18. The second-order valence-corrected chi connectivity index (χ2v) is 2.48. The van der Waals surface area contributed by atoms with Crippen molar-refractivity contribution in [1.82, 2.24) is 9.99 Å². The molecule has 1 aliphatic heterocycles. The van der Waals surface area contributed by atoms with Gasteiger partial charge in [-0.3, -0.25) is 0 Å². The molecule has 1 rings (SSSR count). The van der Waals surface area contributed by atoms with Crippen LogP contribution in [0.1, 0.15) is 6.42 Å². The van der Waals surface area contributed by atoms with Gasteiger partial charge >= 0.3 is 0 Å². The molecule has 0 aromatic rings. The van der Waals surface area contributed by atoms with Gasteiger partial charge < -0.3 is 9.99 Å². The lowest BCUT2D eigenvalue weighted by molar-refractivity contribution is 0.295. The van der Waals surface area contributed by atoms with Crippen LogP contribution in [0.15, 0.2) is 4.76 Å². The Labute approximate surface area is 59.8 Å². The highest BCUT2D eigenvalue weighted by Gasteiger charge is 2.15. The molecule has 1 saturated heterocycles. The van der Waals surface area contributed by atoms with Crippen molar-refractivity contribution in [2.75, 3.05) is 13.1 Å². The van der Waals surface area contributed by atoms with Crippen molar-refractivity contribution in [2.45, 2.75) is 6.42 Å². The first-order chi connectivity index (χ1) is 4.38. The molecular formula is C4H11N3P2. The normalized spacial score (nSPS) is 19.3. The molecule has 1 fully saturated rings. The minimum absolute atomic E-state index is 0.941. The highest BCUT2D eigenvalue weighted by atomic mass is 31.0. The number of likely N-dealkylation sites (tertiary alicyclic amines) is 1. The standard InChI is InChI=1S/C4H11N3P2/c8-5-4(6-9)7-2-1-3-7/h1-3,8-9H2,(H,5,6). The van der Waals surface area contributed by atoms with Gasteiger partial charge in [-0.05, 0) is 25.2 Å². The molecule has 9 heavy (non-hydrogen) atoms. The average molecular weight is 163 g/mol. The lowest BCUT2D eigenvalue weighted by atomic mass is 10.2. The van der Waals surface area contributed by atoms with Crippen LogP contribution in [-0.4, -0.2) is 23.9 Å². The second kappa shape index (κ2) is 3.34. The molecule has 0 bridgehead atoms. The summed E-state index contributed by atoms with van der Waals surface area (Å²) >= 11 is 0. The zero-order chi connectivity index (χ0) is 6.69. The van der Waals surface area contributed by atoms with Gasteiger partial charge in [0.25, 0.3) is 0 Å². The zero-order valence-electron chi connectivity index (χ0n) is 5.17. The lowest BCUT2D eigenvalue weighted by Crippen LogP contribution is -2.45. The van der Waals surface area contributed by atoms with Gasteiger partial charge in [0.2, 0.25) is 0 Å². The predicted octanol–water partition coefficient (Wildman–Crippen LogP) is 0.218. The lowest BCUT2D eigenvalue weighted by Gasteiger charge is -2.32. The summed E-state index contributed by atoms with van der Waals surface area (Å²) < 4.78 is 3.96. The van der Waals surface area contributed by atoms with E-state index >= 15 is 0 Å². The van der Waals surface area contributed by atoms with E-state index in [9.17, 15) is 0 Å². The molecule has 1 aliphatic rings. The third kappa shape index (κ3) is 1.53. The van der Waals surface area contributed by atoms with Crippen molar-refractivity contribution in [2.24, 2.45) is 4.76 Å². The maximum absolute atomic E-state index is 3.96. The summed E-state index contributed by atoms with van der Waals surface area (Å²) in [5.74, 6) is 0.941. The molecule has 2 unspecified atom stereocenters. The van der Waals surface area contributed by atoms with Gasteiger partial charge in [-0.2, -0.15) is 0 Å². The average Bonchev–Trinajstić information content (AvgIpc) is 1.78. The smallest absolute Gasteiger partial charge is 0.200 e. The summed E-state index contributed by atoms with van der Waals surface area (Å²) in [5.41, 5.74) is 0. The van der Waals surface area contributed by atoms with Gasteiger partial charge in [0.1, 0.15) is 0 Å². The number of guanidine groups is 1. The van der Waals surface area contributed by atoms with Gasteiger partial charge in [-0.1, -0.05) is 0 Å². The number of rotatable bonds is 0. The number of nitrogens with zero attached hydrogens (tertiary/aromatic N) is 2. The quantitative estimate of drug-likeness (QED) is 0.314. The van der Waals surface area contributed by atoms with Crippen molar-refractivity contribution >= 4 is 24.7 Å². The molecule has 0 saturated carbocycles. The van der Waals surface area contributed by atoms with E-state index in [1.54, 1.807) is 0 Å². The zero-order valence-corrected chi connectivity index (χ0v) is 7.48. The molecule has 1 N–H and O–H groups in total. The summed E-state index contributed by atoms with van der Waals surface area (Å²) in [5, 5.41) is 2.93. The van der Waals surface area contributed by atoms with Crippen LogP contribution in [-0.2, 0) is 0 Å². The fourth-order valence-electron chi connectivity index (χ4n) is 0.738. The Hall–Kier alpha value is 0.130. The predicted molar refractivity (Wildman–Crippen MR) is 46.2 cm³/mol. The molecule has 52 valence electrons. The van der Waals surface area contributed by atoms with Crippen molar-refractivity contribution in [3.05, 3.63) is 0 Å². The van der Waals surface area contributed by atoms with Crippen LogP contribution in [0.3, 0.4) is 0 Å². The highest BCUT2D eigenvalue weighted by molar-refractivity contribution is 7.17. The van der Waals surface area contributed by atoms with Crippen molar-refractivity contribution in [1.29, 1.82) is 0 Å². The van der Waals surface area contributed by atoms with Crippen molar-refractivity contribution in [3.63, 3.8) is 0 Å². The molecule has 0 aromatic carbocycles. The Morgan fingerprint density at radius 3 is 2.33 bits per heavy atom. The Kier molecular flexibility index (Phi) is 2.68. The minimum atomic E-state index is 0.941. The Morgan fingerprint density at radius 2 is 2.22 bits per heavy atom. The van der Waals surface area contributed by atoms with Crippen LogP contribution in [0, 0.1) is 0 Å². The largest absolute Gasteiger partial charge is 0.342 e. The summed E-state index contributed by atoms with van der Waals surface area (Å²) in [6, 6.07) is 0. The van der Waals surface area contributed by atoms with Crippen LogP contribution >= 0.6 is 18.8 Å². The van der Waals surface area contributed by atoms with Gasteiger partial charge in [0.15, 0.2) is 5.96 Å². The SMILES string of the molecule is PN=C(NP)N1CCC1. The summed E-state index contributed by atoms with van der Waals surface area (Å²) in [6.07, 6.45) is 1.29. The maximum atomic E-state index is 3.96. The van der Waals surface area contributed by atoms with Crippen LogP contribution in [0.4, 0.5) is 0 Å². The third-order valence-electron chi connectivity index (χ3n) is 1.41. The minimum Gasteiger partial charge on any atom is -0.342 e. The van der Waals surface area contributed by atoms with Crippen LogP contribution < -0.4 is 5.09 Å². The van der Waals surface area contributed by atoms with E-state index in [1.807, 2.05) is 0 Å². The molecule has 2 atom stereocenters. The molecule has 1 heterocycles. The monoisotopic (exact) mass is 163 g/mol. The molecule has 3 nitrogen and oxygen atoms in total. The molecule has 0 aliphatic carbocycles. The summed E-state index contributed by atoms with van der Waals surface area (Å²) in [7, 11) is 4.78. The summed E-state index contributed by atoms with van der Waals surface area (Å²) in [6.45, 7) is 2.27. The molecule has 0 aromatic heterocycles. The Morgan fingerprint density at radius 1 is 1.56 bits per heavy atom. The van der Waals surface area contributed by atoms with E-state index in [0.29, 0.717) is 0 Å². The molecular weight excluding hydrogens is 152 g/mol. The first kappa shape index (κ1) is 7.24. The van der Waals surface area contributed by atoms with E-state index in [0.717, 1.165) is 19.0 Å². The third-order valence-corrected chi connectivity index (χ3v) is 1.91. The van der Waals surface area contributed by atoms with Crippen molar-refractivity contribution < 1.29 is 0 Å². The second-order valence-electron chi connectivity index (χ2n) is 1.94. The molecule has 0 amide bonds. The number of nitrogens with one attached hydrogen (secondary N) is 1. The molecule has 5 heteroatoms. The first-order valence-electron chi connectivity index (χ1n) is 2.88. The van der Waals surface area contributed by atoms with Crippen LogP contribution in [0.5, 0.6) is 0 Å². The van der Waals surface area contributed by atoms with Crippen molar-refractivity contribution in [3.8, 4) is 0 Å². The van der Waals surface area contributed by atoms with E-state index in [1.165, 1.54) is 6.42 Å². The fraction of sp³-hybridized carbons (Fsp3) is 0.750. The highest BCUT2D eigenvalue weighted by Crippen LogP contribution is 2.07. The van der Waals surface area contributed by atoms with E-state index in [-0.39, 0.29) is 0 Å². The Bertz CT molecular complexity index is 121. The number of hydrogen-bond acceptors (Lipinski definition) is 1. The topological polar surface area (TPSA) is 27.6 Å². The van der Waals surface area contributed by atoms with E-state index in [2.05, 4.69) is 33.5 Å². The van der Waals surface area contributed by atoms with Gasteiger partial charge in [0.05, 0.1) is 0 Å². The first-order valence-corrected chi connectivity index (χ1v) is 3.97. The maximum Gasteiger partial charge on any atom is 0.200 e. The van der Waals surface area contributed by atoms with Crippen LogP contribution in [0.2, 0.25) is 0 Å². The van der Waals surface area contributed by atoms with Crippen LogP contribution in [0.25, 0.3) is 0 Å². The molecule has 0 radical (unpaired) electrons. The number of hydrogen-bond donors (Lipinski definition) is 1. The van der Waals surface area contributed by atoms with E-state index in [4.69, 9.17) is 0 Å². The molecule has 0 spiro atoms.